The second-order valence-electron chi connectivity index (χ2n) is 11.0. The lowest BCUT2D eigenvalue weighted by molar-refractivity contribution is -0.190. The molecule has 0 aromatic rings. The molecular weight excluding hydrogens is 448 g/mol. The second-order valence-corrected chi connectivity index (χ2v) is 11.0. The first-order valence-electron chi connectivity index (χ1n) is 14.6. The fourth-order valence-electron chi connectivity index (χ4n) is 5.54. The summed E-state index contributed by atoms with van der Waals surface area (Å²) in [4.78, 5) is 0. The molecule has 204 valence electrons. The minimum absolute atomic E-state index is 0.0252. The Bertz CT molecular complexity index is 513. The summed E-state index contributed by atoms with van der Waals surface area (Å²) in [6.07, 6.45) is 18.8. The average molecular weight is 499 g/mol. The van der Waals surface area contributed by atoms with Crippen LogP contribution in [-0.2, 0) is 33.2 Å². The van der Waals surface area contributed by atoms with E-state index in [0.29, 0.717) is 65.1 Å². The Kier molecular flexibility index (Phi) is 13.1. The highest BCUT2D eigenvalue weighted by molar-refractivity contribution is 4.72. The molecule has 0 N–H and O–H groups in total. The van der Waals surface area contributed by atoms with Gasteiger partial charge in [-0.25, -0.2) is 0 Å². The molecule has 0 bridgehead atoms. The van der Waals surface area contributed by atoms with Gasteiger partial charge in [0, 0.05) is 0 Å². The lowest BCUT2D eigenvalue weighted by Crippen LogP contribution is -2.43. The maximum atomic E-state index is 6.20. The normalized spacial score (nSPS) is 32.9. The summed E-state index contributed by atoms with van der Waals surface area (Å²) in [6, 6.07) is 0. The minimum Gasteiger partial charge on any atom is -0.376 e. The van der Waals surface area contributed by atoms with Crippen molar-refractivity contribution < 1.29 is 33.2 Å². The third kappa shape index (κ3) is 10.9. The number of hydrogen-bond donors (Lipinski definition) is 0. The molecule has 0 aromatic heterocycles. The van der Waals surface area contributed by atoms with Crippen LogP contribution >= 0.6 is 0 Å². The maximum Gasteiger partial charge on any atom is 0.104 e. The largest absolute Gasteiger partial charge is 0.376 e. The summed E-state index contributed by atoms with van der Waals surface area (Å²) in [5.41, 5.74) is 0. The first-order chi connectivity index (χ1) is 17.3. The standard InChI is InChI=1S/C28H50O7/c1-2-4-8-12-23(11-7-3-1)30-19-27-21-32-25(17-34-27)15-29-16-26-18-35-28(22-33-26)20-31-24-13-9-5-6-10-14-24/h23-28H,1-22H2. The van der Waals surface area contributed by atoms with Gasteiger partial charge in [0.1, 0.15) is 24.4 Å². The molecule has 4 rings (SSSR count). The summed E-state index contributed by atoms with van der Waals surface area (Å²) in [6.45, 7) is 4.57. The van der Waals surface area contributed by atoms with E-state index in [1.54, 1.807) is 0 Å². The van der Waals surface area contributed by atoms with E-state index in [0.717, 1.165) is 0 Å². The quantitative estimate of drug-likeness (QED) is 0.400. The van der Waals surface area contributed by atoms with E-state index in [9.17, 15) is 0 Å². The first-order valence-corrected chi connectivity index (χ1v) is 14.6. The van der Waals surface area contributed by atoms with Crippen molar-refractivity contribution in [3.8, 4) is 0 Å². The van der Waals surface area contributed by atoms with Crippen LogP contribution in [0.15, 0.2) is 0 Å². The zero-order valence-corrected chi connectivity index (χ0v) is 21.9. The fourth-order valence-corrected chi connectivity index (χ4v) is 5.54. The van der Waals surface area contributed by atoms with Crippen molar-refractivity contribution in [1.29, 1.82) is 0 Å². The Morgan fingerprint density at radius 3 is 1.06 bits per heavy atom. The fraction of sp³-hybridized carbons (Fsp3) is 1.00. The molecule has 2 aliphatic heterocycles. The highest BCUT2D eigenvalue weighted by atomic mass is 16.6. The number of hydrogen-bond acceptors (Lipinski definition) is 7. The molecule has 2 aliphatic carbocycles. The van der Waals surface area contributed by atoms with Gasteiger partial charge in [-0.05, 0) is 25.7 Å². The molecule has 35 heavy (non-hydrogen) atoms. The van der Waals surface area contributed by atoms with E-state index >= 15 is 0 Å². The van der Waals surface area contributed by atoms with Crippen molar-refractivity contribution >= 4 is 0 Å². The molecule has 0 amide bonds. The van der Waals surface area contributed by atoms with Crippen molar-refractivity contribution in [3.63, 3.8) is 0 Å². The summed E-state index contributed by atoms with van der Waals surface area (Å²) < 4.78 is 42.1. The van der Waals surface area contributed by atoms with Crippen molar-refractivity contribution in [2.45, 2.75) is 127 Å². The summed E-state index contributed by atoms with van der Waals surface area (Å²) in [5, 5.41) is 0. The van der Waals surface area contributed by atoms with Gasteiger partial charge in [0.25, 0.3) is 0 Å². The zero-order valence-electron chi connectivity index (χ0n) is 21.9. The zero-order chi connectivity index (χ0) is 24.0. The third-order valence-corrected chi connectivity index (χ3v) is 7.82. The van der Waals surface area contributed by atoms with Crippen LogP contribution < -0.4 is 0 Å². The molecule has 7 nitrogen and oxygen atoms in total. The number of ether oxygens (including phenoxy) is 7. The summed E-state index contributed by atoms with van der Waals surface area (Å²) >= 11 is 0. The molecule has 4 fully saturated rings. The SMILES string of the molecule is C1CCCCC(OCC2COC(COCC3COC(COC4CCCCCC4)CO3)CO2)CCC1. The molecule has 7 heteroatoms. The Morgan fingerprint density at radius 1 is 0.400 bits per heavy atom. The van der Waals surface area contributed by atoms with Crippen LogP contribution in [0.5, 0.6) is 0 Å². The van der Waals surface area contributed by atoms with Crippen molar-refractivity contribution in [2.24, 2.45) is 0 Å². The molecule has 0 radical (unpaired) electrons. The van der Waals surface area contributed by atoms with Crippen LogP contribution in [0.2, 0.25) is 0 Å². The van der Waals surface area contributed by atoms with Crippen LogP contribution in [0.4, 0.5) is 0 Å². The maximum absolute atomic E-state index is 6.20. The van der Waals surface area contributed by atoms with E-state index in [-0.39, 0.29) is 24.4 Å². The van der Waals surface area contributed by atoms with Gasteiger partial charge in [0.05, 0.1) is 65.1 Å². The van der Waals surface area contributed by atoms with Crippen molar-refractivity contribution in [3.05, 3.63) is 0 Å². The molecule has 4 aliphatic rings. The van der Waals surface area contributed by atoms with Crippen molar-refractivity contribution in [2.75, 3.05) is 52.9 Å². The Hall–Kier alpha value is -0.280. The Morgan fingerprint density at radius 2 is 0.714 bits per heavy atom. The van der Waals surface area contributed by atoms with E-state index < -0.39 is 0 Å². The van der Waals surface area contributed by atoms with Gasteiger partial charge in [-0.15, -0.1) is 0 Å². The van der Waals surface area contributed by atoms with Gasteiger partial charge in [-0.3, -0.25) is 0 Å². The van der Waals surface area contributed by atoms with Crippen LogP contribution in [0.3, 0.4) is 0 Å². The number of rotatable bonds is 10. The monoisotopic (exact) mass is 498 g/mol. The van der Waals surface area contributed by atoms with E-state index in [2.05, 4.69) is 0 Å². The summed E-state index contributed by atoms with van der Waals surface area (Å²) in [7, 11) is 0. The molecule has 0 aromatic carbocycles. The van der Waals surface area contributed by atoms with E-state index in [1.807, 2.05) is 0 Å². The Balaban J connectivity index is 0.999. The molecule has 0 spiro atoms. The van der Waals surface area contributed by atoms with Crippen LogP contribution in [0.1, 0.15) is 89.9 Å². The molecule has 2 saturated carbocycles. The predicted octanol–water partition coefficient (Wildman–Crippen LogP) is 4.83. The van der Waals surface area contributed by atoms with Gasteiger partial charge in [0.15, 0.2) is 0 Å². The second kappa shape index (κ2) is 16.5. The Labute approximate surface area is 212 Å². The van der Waals surface area contributed by atoms with Gasteiger partial charge >= 0.3 is 0 Å². The lowest BCUT2D eigenvalue weighted by atomic mass is 10.1. The van der Waals surface area contributed by atoms with Crippen LogP contribution in [0, 0.1) is 0 Å². The molecule has 4 atom stereocenters. The highest BCUT2D eigenvalue weighted by Crippen LogP contribution is 2.22. The topological polar surface area (TPSA) is 64.6 Å². The summed E-state index contributed by atoms with van der Waals surface area (Å²) in [5.74, 6) is 0. The van der Waals surface area contributed by atoms with Gasteiger partial charge in [-0.1, -0.05) is 64.2 Å². The van der Waals surface area contributed by atoms with Crippen LogP contribution in [0.25, 0.3) is 0 Å². The van der Waals surface area contributed by atoms with Gasteiger partial charge < -0.3 is 33.2 Å². The molecule has 4 unspecified atom stereocenters. The van der Waals surface area contributed by atoms with Crippen LogP contribution in [-0.4, -0.2) is 89.5 Å². The first kappa shape index (κ1) is 27.7. The molecule has 2 saturated heterocycles. The highest BCUT2D eigenvalue weighted by Gasteiger charge is 2.27. The predicted molar refractivity (Wildman–Crippen MR) is 134 cm³/mol. The third-order valence-electron chi connectivity index (χ3n) is 7.82. The molecular formula is C28H50O7. The van der Waals surface area contributed by atoms with Gasteiger partial charge in [0.2, 0.25) is 0 Å². The van der Waals surface area contributed by atoms with E-state index in [1.165, 1.54) is 89.9 Å². The van der Waals surface area contributed by atoms with Crippen molar-refractivity contribution in [1.82, 2.24) is 0 Å². The van der Waals surface area contributed by atoms with Gasteiger partial charge in [-0.2, -0.15) is 0 Å². The van der Waals surface area contributed by atoms with E-state index in [4.69, 9.17) is 33.2 Å². The average Bonchev–Trinajstić information content (AvgIpc) is 3.09. The lowest BCUT2D eigenvalue weighted by Gasteiger charge is -2.32. The smallest absolute Gasteiger partial charge is 0.104 e. The minimum atomic E-state index is -0.0265. The molecule has 2 heterocycles.